The molecule has 2 aliphatic heterocycles. The van der Waals surface area contributed by atoms with Crippen molar-refractivity contribution in [3.8, 4) is 0 Å². The summed E-state index contributed by atoms with van der Waals surface area (Å²) in [7, 11) is 0. The highest BCUT2D eigenvalue weighted by atomic mass is 35.5. The van der Waals surface area contributed by atoms with Crippen LogP contribution in [0.15, 0.2) is 24.5 Å². The molecular formula is C23H27Cl2FN4O2. The lowest BCUT2D eigenvalue weighted by molar-refractivity contribution is 0.00840. The minimum Gasteiger partial charge on any atom is -0.378 e. The van der Waals surface area contributed by atoms with Crippen molar-refractivity contribution < 1.29 is 13.9 Å². The molecular weight excluding hydrogens is 454 g/mol. The lowest BCUT2D eigenvalue weighted by atomic mass is 9.99. The molecule has 6 nitrogen and oxygen atoms in total. The van der Waals surface area contributed by atoms with Crippen LogP contribution in [0.2, 0.25) is 10.0 Å². The van der Waals surface area contributed by atoms with Gasteiger partial charge in [0.2, 0.25) is 0 Å². The molecule has 2 aliphatic rings. The van der Waals surface area contributed by atoms with Crippen LogP contribution in [0.5, 0.6) is 0 Å². The van der Waals surface area contributed by atoms with Crippen molar-refractivity contribution in [3.63, 3.8) is 0 Å². The number of carbonyl (C=O) groups is 1. The predicted molar refractivity (Wildman–Crippen MR) is 122 cm³/mol. The highest BCUT2D eigenvalue weighted by Crippen LogP contribution is 2.25. The molecule has 1 aromatic heterocycles. The van der Waals surface area contributed by atoms with Gasteiger partial charge in [0.05, 0.1) is 22.3 Å². The summed E-state index contributed by atoms with van der Waals surface area (Å²) in [5.41, 5.74) is 2.94. The van der Waals surface area contributed by atoms with Crippen LogP contribution >= 0.6 is 23.2 Å². The number of nitrogens with zero attached hydrogens (tertiary/aromatic N) is 3. The van der Waals surface area contributed by atoms with Crippen LogP contribution in [0.3, 0.4) is 0 Å². The number of alkyl halides is 1. The molecule has 4 rings (SSSR count). The minimum absolute atomic E-state index is 0.0897. The number of hydrogen-bond acceptors (Lipinski definition) is 5. The molecule has 3 heterocycles. The number of rotatable bonds is 5. The fraction of sp³-hybridized carbons (Fsp3) is 0.522. The van der Waals surface area contributed by atoms with Crippen LogP contribution in [0, 0.1) is 6.92 Å². The maximum Gasteiger partial charge on any atom is 0.272 e. The lowest BCUT2D eigenvalue weighted by Gasteiger charge is -2.36. The Bertz CT molecular complexity index is 969. The summed E-state index contributed by atoms with van der Waals surface area (Å²) >= 11 is 12.1. The Morgan fingerprint density at radius 2 is 2.00 bits per heavy atom. The van der Waals surface area contributed by atoms with Gasteiger partial charge in [-0.25, -0.2) is 14.4 Å². The van der Waals surface area contributed by atoms with Crippen molar-refractivity contribution >= 4 is 29.1 Å². The normalized spacial score (nSPS) is 22.2. The van der Waals surface area contributed by atoms with Gasteiger partial charge < -0.3 is 15.0 Å². The van der Waals surface area contributed by atoms with Crippen LogP contribution in [-0.4, -0.2) is 65.3 Å². The third kappa shape index (κ3) is 5.39. The Labute approximate surface area is 197 Å². The molecule has 32 heavy (non-hydrogen) atoms. The van der Waals surface area contributed by atoms with Crippen LogP contribution in [0.1, 0.15) is 46.6 Å². The third-order valence-electron chi connectivity index (χ3n) is 6.27. The molecule has 9 heteroatoms. The lowest BCUT2D eigenvalue weighted by Crippen LogP contribution is -2.52. The fourth-order valence-electron chi connectivity index (χ4n) is 4.32. The van der Waals surface area contributed by atoms with E-state index in [2.05, 4.69) is 15.3 Å². The van der Waals surface area contributed by atoms with Crippen molar-refractivity contribution in [1.29, 1.82) is 0 Å². The van der Waals surface area contributed by atoms with E-state index in [1.807, 2.05) is 24.0 Å². The molecule has 0 radical (unpaired) electrons. The molecule has 172 valence electrons. The highest BCUT2D eigenvalue weighted by Gasteiger charge is 2.31. The van der Waals surface area contributed by atoms with Gasteiger partial charge in [-0.05, 0) is 43.9 Å². The van der Waals surface area contributed by atoms with Gasteiger partial charge in [0.1, 0.15) is 18.2 Å². The van der Waals surface area contributed by atoms with Gasteiger partial charge in [-0.1, -0.05) is 29.3 Å². The fourth-order valence-corrected chi connectivity index (χ4v) is 4.64. The largest absolute Gasteiger partial charge is 0.378 e. The van der Waals surface area contributed by atoms with E-state index in [-0.39, 0.29) is 24.6 Å². The summed E-state index contributed by atoms with van der Waals surface area (Å²) < 4.78 is 19.2. The molecule has 0 bridgehead atoms. The number of halogens is 3. The monoisotopic (exact) mass is 480 g/mol. The van der Waals surface area contributed by atoms with Crippen LogP contribution in [0.25, 0.3) is 0 Å². The SMILES string of the molecule is Cc1c(Cc2ccc(Cl)c(Cl)c2)ncnc1C(=O)N1CCC(N[C@@H]2CCOC[C@@H]2F)CC1. The minimum atomic E-state index is -0.971. The quantitative estimate of drug-likeness (QED) is 0.700. The number of piperidine rings is 1. The van der Waals surface area contributed by atoms with E-state index in [0.717, 1.165) is 29.7 Å². The number of likely N-dealkylation sites (tertiary alicyclic amines) is 1. The van der Waals surface area contributed by atoms with Crippen LogP contribution in [-0.2, 0) is 11.2 Å². The molecule has 0 saturated carbocycles. The van der Waals surface area contributed by atoms with E-state index in [1.54, 1.807) is 6.07 Å². The number of carbonyl (C=O) groups excluding carboxylic acids is 1. The summed E-state index contributed by atoms with van der Waals surface area (Å²) in [4.78, 5) is 23.7. The summed E-state index contributed by atoms with van der Waals surface area (Å²) in [6.07, 6.45) is 3.26. The topological polar surface area (TPSA) is 67.4 Å². The van der Waals surface area contributed by atoms with E-state index < -0.39 is 6.17 Å². The summed E-state index contributed by atoms with van der Waals surface area (Å²) in [5.74, 6) is -0.0897. The van der Waals surface area contributed by atoms with Gasteiger partial charge in [-0.2, -0.15) is 0 Å². The number of amides is 1. The second-order valence-electron chi connectivity index (χ2n) is 8.44. The van der Waals surface area contributed by atoms with E-state index in [0.29, 0.717) is 48.3 Å². The Morgan fingerprint density at radius 3 is 2.72 bits per heavy atom. The summed E-state index contributed by atoms with van der Waals surface area (Å²) in [6, 6.07) is 5.51. The number of nitrogens with one attached hydrogen (secondary N) is 1. The molecule has 0 spiro atoms. The summed E-state index contributed by atoms with van der Waals surface area (Å²) in [6.45, 7) is 3.85. The van der Waals surface area contributed by atoms with Gasteiger partial charge >= 0.3 is 0 Å². The maximum absolute atomic E-state index is 14.0. The molecule has 1 amide bonds. The molecule has 2 saturated heterocycles. The first-order valence-electron chi connectivity index (χ1n) is 10.9. The van der Waals surface area contributed by atoms with Crippen molar-refractivity contribution in [2.24, 2.45) is 0 Å². The third-order valence-corrected chi connectivity index (χ3v) is 7.00. The highest BCUT2D eigenvalue weighted by molar-refractivity contribution is 6.42. The Hall–Kier alpha value is -1.80. The first-order valence-corrected chi connectivity index (χ1v) is 11.7. The first-order chi connectivity index (χ1) is 15.4. The molecule has 1 N–H and O–H groups in total. The molecule has 0 unspecified atom stereocenters. The van der Waals surface area contributed by atoms with Gasteiger partial charge in [0.15, 0.2) is 0 Å². The maximum atomic E-state index is 14.0. The standard InChI is InChI=1S/C23H27Cl2FN4O2/c1-14-21(11-15-2-3-17(24)18(25)10-15)27-13-28-22(14)23(31)30-7-4-16(5-8-30)29-20-6-9-32-12-19(20)26/h2-3,10,13,16,19-20,29H,4-9,11-12H2,1H3/t19-,20+/m0/s1. The zero-order valence-corrected chi connectivity index (χ0v) is 19.5. The van der Waals surface area contributed by atoms with Crippen LogP contribution in [0.4, 0.5) is 4.39 Å². The average Bonchev–Trinajstić information content (AvgIpc) is 2.79. The molecule has 1 aromatic carbocycles. The second kappa shape index (κ2) is 10.4. The number of aromatic nitrogens is 2. The Kier molecular flexibility index (Phi) is 7.61. The van der Waals surface area contributed by atoms with Crippen molar-refractivity contribution in [2.75, 3.05) is 26.3 Å². The second-order valence-corrected chi connectivity index (χ2v) is 9.25. The van der Waals surface area contributed by atoms with Crippen molar-refractivity contribution in [1.82, 2.24) is 20.2 Å². The van der Waals surface area contributed by atoms with Gasteiger partial charge in [0, 0.05) is 43.8 Å². The number of benzene rings is 1. The van der Waals surface area contributed by atoms with E-state index in [1.165, 1.54) is 6.33 Å². The smallest absolute Gasteiger partial charge is 0.272 e. The number of hydrogen-bond donors (Lipinski definition) is 1. The van der Waals surface area contributed by atoms with Gasteiger partial charge in [-0.15, -0.1) is 0 Å². The molecule has 0 aliphatic carbocycles. The zero-order valence-electron chi connectivity index (χ0n) is 18.0. The molecule has 2 atom stereocenters. The Morgan fingerprint density at radius 1 is 1.22 bits per heavy atom. The number of ether oxygens (including phenoxy) is 1. The van der Waals surface area contributed by atoms with E-state index >= 15 is 0 Å². The predicted octanol–water partition coefficient (Wildman–Crippen LogP) is 4.00. The van der Waals surface area contributed by atoms with Crippen molar-refractivity contribution in [3.05, 3.63) is 57.1 Å². The Balaban J connectivity index is 1.38. The summed E-state index contributed by atoms with van der Waals surface area (Å²) in [5, 5.41) is 4.42. The first kappa shape index (κ1) is 23.4. The van der Waals surface area contributed by atoms with Gasteiger partial charge in [0.25, 0.3) is 5.91 Å². The molecule has 2 fully saturated rings. The van der Waals surface area contributed by atoms with Crippen LogP contribution < -0.4 is 5.32 Å². The van der Waals surface area contributed by atoms with Crippen molar-refractivity contribution in [2.45, 2.75) is 50.9 Å². The van der Waals surface area contributed by atoms with E-state index in [4.69, 9.17) is 27.9 Å². The van der Waals surface area contributed by atoms with E-state index in [9.17, 15) is 9.18 Å². The average molecular weight is 481 g/mol. The molecule has 2 aromatic rings. The zero-order chi connectivity index (χ0) is 22.7. The van der Waals surface area contributed by atoms with Gasteiger partial charge in [-0.3, -0.25) is 4.79 Å².